The van der Waals surface area contributed by atoms with E-state index in [-0.39, 0.29) is 10.8 Å². The second-order valence-electron chi connectivity index (χ2n) is 4.86. The third-order valence-electron chi connectivity index (χ3n) is 3.23. The highest BCUT2D eigenvalue weighted by atomic mass is 32.1. The molecule has 110 valence electrons. The number of amides is 1. The van der Waals surface area contributed by atoms with Crippen molar-refractivity contribution in [3.05, 3.63) is 43.2 Å². The summed E-state index contributed by atoms with van der Waals surface area (Å²) in [6, 6.07) is 0. The van der Waals surface area contributed by atoms with Crippen LogP contribution in [-0.2, 0) is 6.54 Å². The predicted octanol–water partition coefficient (Wildman–Crippen LogP) is 2.03. The van der Waals surface area contributed by atoms with E-state index in [1.807, 2.05) is 24.4 Å². The number of nitrogens with one attached hydrogen (secondary N) is 1. The minimum atomic E-state index is -0.219. The molecule has 0 unspecified atom stereocenters. The lowest BCUT2D eigenvalue weighted by atomic mass is 10.3. The number of fused-ring (bicyclic) bond motifs is 1. The number of aryl methyl sites for hydroxylation is 2. The van der Waals surface area contributed by atoms with Gasteiger partial charge >= 0.3 is 4.87 Å². The van der Waals surface area contributed by atoms with Gasteiger partial charge in [-0.25, -0.2) is 4.98 Å². The summed E-state index contributed by atoms with van der Waals surface area (Å²) in [7, 11) is 1.72. The maximum atomic E-state index is 12.3. The number of carbonyl (C=O) groups excluding carboxylic acids is 1. The van der Waals surface area contributed by atoms with E-state index in [1.54, 1.807) is 28.7 Å². The van der Waals surface area contributed by atoms with Crippen LogP contribution in [0.5, 0.6) is 0 Å². The Morgan fingerprint density at radius 1 is 1.48 bits per heavy atom. The maximum Gasteiger partial charge on any atom is 0.305 e. The highest BCUT2D eigenvalue weighted by molar-refractivity contribution is 7.17. The van der Waals surface area contributed by atoms with Gasteiger partial charge in [0, 0.05) is 23.5 Å². The first-order valence-corrected chi connectivity index (χ1v) is 8.02. The monoisotopic (exact) mass is 322 g/mol. The number of thiazole rings is 2. The molecule has 3 aromatic rings. The van der Waals surface area contributed by atoms with Crippen LogP contribution in [0.4, 0.5) is 0 Å². The Kier molecular flexibility index (Phi) is 3.42. The lowest BCUT2D eigenvalue weighted by Crippen LogP contribution is -2.27. The van der Waals surface area contributed by atoms with E-state index in [0.717, 1.165) is 27.7 Å². The van der Waals surface area contributed by atoms with Gasteiger partial charge in [0.2, 0.25) is 0 Å². The number of imidazole rings is 1. The molecule has 0 aromatic carbocycles. The second kappa shape index (κ2) is 5.12. The Balaban J connectivity index is 1.89. The smallest absolute Gasteiger partial charge is 0.305 e. The zero-order valence-electron chi connectivity index (χ0n) is 11.8. The fourth-order valence-electron chi connectivity index (χ4n) is 2.19. The molecule has 0 aliphatic carbocycles. The average Bonchev–Trinajstić information content (AvgIpc) is 3.07. The molecule has 0 spiro atoms. The summed E-state index contributed by atoms with van der Waals surface area (Å²) in [5.74, 6) is -0.199. The van der Waals surface area contributed by atoms with Crippen LogP contribution in [-0.4, -0.2) is 32.2 Å². The molecule has 0 bridgehead atoms. The first-order valence-electron chi connectivity index (χ1n) is 6.33. The van der Waals surface area contributed by atoms with E-state index < -0.39 is 0 Å². The highest BCUT2D eigenvalue weighted by Crippen LogP contribution is 2.21. The maximum absolute atomic E-state index is 12.3. The lowest BCUT2D eigenvalue weighted by Gasteiger charge is -2.16. The Morgan fingerprint density at radius 3 is 2.90 bits per heavy atom. The summed E-state index contributed by atoms with van der Waals surface area (Å²) in [5.41, 5.74) is 2.23. The third-order valence-corrected chi connectivity index (χ3v) is 4.79. The molecule has 6 nitrogen and oxygen atoms in total. The standard InChI is InChI=1S/C13H14N4O2S2/c1-7-4-17-10(8(2)14-12(17)21-7)5-16(3)11(18)9-6-20-13(19)15-9/h4,6H,5H2,1-3H3,(H,15,19). The SMILES string of the molecule is Cc1cn2c(CN(C)C(=O)c3csc(=O)[nH]3)c(C)nc2s1. The Morgan fingerprint density at radius 2 is 2.24 bits per heavy atom. The van der Waals surface area contributed by atoms with Crippen molar-refractivity contribution in [2.45, 2.75) is 20.4 Å². The van der Waals surface area contributed by atoms with Crippen molar-refractivity contribution in [2.75, 3.05) is 7.05 Å². The van der Waals surface area contributed by atoms with Crippen LogP contribution in [0.2, 0.25) is 0 Å². The van der Waals surface area contributed by atoms with Gasteiger partial charge in [-0.05, 0) is 13.8 Å². The molecule has 3 rings (SSSR count). The summed E-state index contributed by atoms with van der Waals surface area (Å²) in [4.78, 5) is 33.9. The van der Waals surface area contributed by atoms with Gasteiger partial charge in [0.25, 0.3) is 5.91 Å². The molecule has 0 saturated heterocycles. The molecule has 0 aliphatic rings. The molecular formula is C13H14N4O2S2. The Hall–Kier alpha value is -1.93. The first kappa shape index (κ1) is 14.0. The van der Waals surface area contributed by atoms with Crippen molar-refractivity contribution in [1.82, 2.24) is 19.3 Å². The van der Waals surface area contributed by atoms with Crippen molar-refractivity contribution in [2.24, 2.45) is 0 Å². The van der Waals surface area contributed by atoms with Crippen LogP contribution < -0.4 is 4.87 Å². The molecular weight excluding hydrogens is 308 g/mol. The zero-order chi connectivity index (χ0) is 15.1. The van der Waals surface area contributed by atoms with Gasteiger partial charge in [0.05, 0.1) is 17.9 Å². The summed E-state index contributed by atoms with van der Waals surface area (Å²) >= 11 is 2.62. The lowest BCUT2D eigenvalue weighted by molar-refractivity contribution is 0.0777. The number of H-pyrrole nitrogens is 1. The van der Waals surface area contributed by atoms with Crippen molar-refractivity contribution in [1.29, 1.82) is 0 Å². The minimum absolute atomic E-state index is 0.199. The van der Waals surface area contributed by atoms with Crippen LogP contribution in [0.1, 0.15) is 26.8 Å². The quantitative estimate of drug-likeness (QED) is 0.802. The van der Waals surface area contributed by atoms with Gasteiger partial charge in [-0.1, -0.05) is 11.3 Å². The van der Waals surface area contributed by atoms with Gasteiger partial charge in [0.15, 0.2) is 4.96 Å². The molecule has 0 radical (unpaired) electrons. The summed E-state index contributed by atoms with van der Waals surface area (Å²) in [6.07, 6.45) is 2.03. The molecule has 3 heterocycles. The van der Waals surface area contributed by atoms with E-state index in [4.69, 9.17) is 0 Å². The van der Waals surface area contributed by atoms with E-state index in [9.17, 15) is 9.59 Å². The van der Waals surface area contributed by atoms with E-state index in [1.165, 1.54) is 4.88 Å². The highest BCUT2D eigenvalue weighted by Gasteiger charge is 2.18. The van der Waals surface area contributed by atoms with Crippen LogP contribution >= 0.6 is 22.7 Å². The predicted molar refractivity (Wildman–Crippen MR) is 83.3 cm³/mol. The van der Waals surface area contributed by atoms with Gasteiger partial charge in [-0.2, -0.15) is 0 Å². The van der Waals surface area contributed by atoms with Gasteiger partial charge < -0.3 is 9.88 Å². The molecule has 0 atom stereocenters. The van der Waals surface area contributed by atoms with E-state index >= 15 is 0 Å². The largest absolute Gasteiger partial charge is 0.335 e. The normalized spacial score (nSPS) is 11.2. The number of nitrogens with zero attached hydrogens (tertiary/aromatic N) is 3. The topological polar surface area (TPSA) is 70.5 Å². The van der Waals surface area contributed by atoms with Crippen molar-refractivity contribution in [3.63, 3.8) is 0 Å². The second-order valence-corrected chi connectivity index (χ2v) is 6.92. The zero-order valence-corrected chi connectivity index (χ0v) is 13.5. The number of hydrogen-bond acceptors (Lipinski definition) is 5. The summed E-state index contributed by atoms with van der Waals surface area (Å²) in [5, 5.41) is 1.55. The molecule has 0 fully saturated rings. The van der Waals surface area contributed by atoms with E-state index in [2.05, 4.69) is 9.97 Å². The number of rotatable bonds is 3. The molecule has 3 aromatic heterocycles. The summed E-state index contributed by atoms with van der Waals surface area (Å²) in [6.45, 7) is 4.42. The third kappa shape index (κ3) is 2.52. The Labute approximate surface area is 128 Å². The van der Waals surface area contributed by atoms with Gasteiger partial charge in [-0.15, -0.1) is 11.3 Å². The molecule has 1 amide bonds. The van der Waals surface area contributed by atoms with Crippen molar-refractivity contribution < 1.29 is 4.79 Å². The number of carbonyl (C=O) groups is 1. The summed E-state index contributed by atoms with van der Waals surface area (Å²) < 4.78 is 2.02. The fraction of sp³-hybridized carbons (Fsp3) is 0.308. The van der Waals surface area contributed by atoms with Crippen molar-refractivity contribution >= 4 is 33.5 Å². The molecule has 0 aliphatic heterocycles. The Bertz CT molecular complexity index is 870. The number of hydrogen-bond donors (Lipinski definition) is 1. The van der Waals surface area contributed by atoms with Crippen LogP contribution in [0.15, 0.2) is 16.4 Å². The first-order chi connectivity index (χ1) is 9.95. The average molecular weight is 322 g/mol. The fourth-order valence-corrected chi connectivity index (χ4v) is 3.63. The molecule has 1 N–H and O–H groups in total. The van der Waals surface area contributed by atoms with Crippen molar-refractivity contribution in [3.8, 4) is 0 Å². The molecule has 8 heteroatoms. The number of aromatic amines is 1. The van der Waals surface area contributed by atoms with Gasteiger partial charge in [-0.3, -0.25) is 14.0 Å². The molecule has 0 saturated carbocycles. The van der Waals surface area contributed by atoms with Gasteiger partial charge in [0.1, 0.15) is 5.69 Å². The van der Waals surface area contributed by atoms with Crippen LogP contribution in [0.25, 0.3) is 4.96 Å². The van der Waals surface area contributed by atoms with E-state index in [0.29, 0.717) is 12.2 Å². The molecule has 21 heavy (non-hydrogen) atoms. The van der Waals surface area contributed by atoms with Crippen LogP contribution in [0.3, 0.4) is 0 Å². The number of aromatic nitrogens is 3. The minimum Gasteiger partial charge on any atom is -0.335 e. The van der Waals surface area contributed by atoms with Crippen LogP contribution in [0, 0.1) is 13.8 Å².